The van der Waals surface area contributed by atoms with E-state index in [4.69, 9.17) is 9.97 Å². The zero-order valence-electron chi connectivity index (χ0n) is 37.0. The third kappa shape index (κ3) is 7.13. The van der Waals surface area contributed by atoms with Gasteiger partial charge in [-0.05, 0) is 84.4 Å². The van der Waals surface area contributed by atoms with Gasteiger partial charge in [-0.15, -0.1) is 0 Å². The molecule has 0 N–H and O–H groups in total. The number of nitrogens with zero attached hydrogens (tertiary/aromatic N) is 6. The Morgan fingerprint density at radius 1 is 0.357 bits per heavy atom. The molecule has 70 heavy (non-hydrogen) atoms. The second-order valence-corrected chi connectivity index (χ2v) is 17.1. The molecule has 0 aliphatic heterocycles. The van der Waals surface area contributed by atoms with Crippen LogP contribution in [0.15, 0.2) is 212 Å². The minimum absolute atomic E-state index is 0.152. The van der Waals surface area contributed by atoms with Gasteiger partial charge in [0, 0.05) is 49.4 Å². The molecule has 0 saturated carbocycles. The van der Waals surface area contributed by atoms with Crippen LogP contribution in [0.2, 0.25) is 0 Å². The van der Waals surface area contributed by atoms with Crippen LogP contribution in [0.3, 0.4) is 0 Å². The first-order chi connectivity index (χ1) is 34.2. The van der Waals surface area contributed by atoms with Gasteiger partial charge in [-0.25, -0.2) is 9.97 Å². The van der Waals surface area contributed by atoms with Crippen LogP contribution >= 0.6 is 0 Å². The summed E-state index contributed by atoms with van der Waals surface area (Å²) < 4.78 is 49.1. The predicted octanol–water partition coefficient (Wildman–Crippen LogP) is 15.8. The molecule has 12 aromatic rings. The van der Waals surface area contributed by atoms with E-state index in [1.54, 1.807) is 12.1 Å². The molecule has 4 heterocycles. The second-order valence-electron chi connectivity index (χ2n) is 17.1. The number of hydrogen-bond donors (Lipinski definition) is 0. The van der Waals surface area contributed by atoms with Gasteiger partial charge in [-0.2, -0.15) is 23.7 Å². The molecule has 0 spiro atoms. The van der Waals surface area contributed by atoms with Gasteiger partial charge in [0.25, 0.3) is 0 Å². The van der Waals surface area contributed by atoms with E-state index in [9.17, 15) is 10.5 Å². The molecule has 4 aromatic heterocycles. The third-order valence-corrected chi connectivity index (χ3v) is 13.0. The fourth-order valence-electron chi connectivity index (χ4n) is 9.83. The van der Waals surface area contributed by atoms with Crippen molar-refractivity contribution in [3.8, 4) is 79.7 Å². The molecule has 330 valence electrons. The molecule has 0 atom stereocenters. The summed E-state index contributed by atoms with van der Waals surface area (Å²) in [5, 5.41) is 24.9. The summed E-state index contributed by atoms with van der Waals surface area (Å²) in [6.45, 7) is 0. The molecule has 9 heteroatoms. The molecule has 0 saturated heterocycles. The number of benzene rings is 8. The summed E-state index contributed by atoms with van der Waals surface area (Å²) in [6.07, 6.45) is -4.78. The topological polar surface area (TPSA) is 83.2 Å². The number of halogens is 3. The first-order valence-corrected chi connectivity index (χ1v) is 22.6. The second kappa shape index (κ2) is 16.6. The van der Waals surface area contributed by atoms with E-state index in [1.807, 2.05) is 197 Å². The molecule has 0 aliphatic rings. The first-order valence-electron chi connectivity index (χ1n) is 22.6. The Labute approximate surface area is 399 Å². The number of alkyl halides is 3. The van der Waals surface area contributed by atoms with Gasteiger partial charge in [0.05, 0.1) is 85.0 Å². The van der Waals surface area contributed by atoms with Crippen molar-refractivity contribution in [2.45, 2.75) is 6.18 Å². The van der Waals surface area contributed by atoms with Crippen LogP contribution in [0.5, 0.6) is 0 Å². The molecule has 0 amide bonds. The first kappa shape index (κ1) is 41.8. The van der Waals surface area contributed by atoms with Crippen molar-refractivity contribution in [2.24, 2.45) is 0 Å². The molecule has 6 nitrogen and oxygen atoms in total. The van der Waals surface area contributed by atoms with Crippen LogP contribution in [0.1, 0.15) is 16.7 Å². The van der Waals surface area contributed by atoms with E-state index < -0.39 is 11.7 Å². The van der Waals surface area contributed by atoms with E-state index in [2.05, 4.69) is 6.07 Å². The third-order valence-electron chi connectivity index (χ3n) is 13.0. The zero-order chi connectivity index (χ0) is 47.5. The van der Waals surface area contributed by atoms with Gasteiger partial charge in [-0.1, -0.05) is 133 Å². The largest absolute Gasteiger partial charge is 0.416 e. The highest BCUT2D eigenvalue weighted by Gasteiger charge is 2.33. The van der Waals surface area contributed by atoms with Crippen LogP contribution < -0.4 is 0 Å². The fourth-order valence-corrected chi connectivity index (χ4v) is 9.83. The Morgan fingerprint density at radius 2 is 0.771 bits per heavy atom. The highest BCUT2D eigenvalue weighted by molar-refractivity contribution is 6.13. The Balaban J connectivity index is 1.18. The van der Waals surface area contributed by atoms with Gasteiger partial charge in [0.1, 0.15) is 0 Å². The molecule has 0 unspecified atom stereocenters. The number of hydrogen-bond acceptors (Lipinski definition) is 4. The average Bonchev–Trinajstić information content (AvgIpc) is 3.93. The molecular weight excluding hydrogens is 874 g/mol. The average molecular weight is 909 g/mol. The van der Waals surface area contributed by atoms with Gasteiger partial charge < -0.3 is 9.13 Å². The van der Waals surface area contributed by atoms with Gasteiger partial charge >= 0.3 is 6.18 Å². The van der Waals surface area contributed by atoms with Crippen molar-refractivity contribution in [3.63, 3.8) is 0 Å². The van der Waals surface area contributed by atoms with E-state index in [0.717, 1.165) is 101 Å². The van der Waals surface area contributed by atoms with Crippen molar-refractivity contribution in [3.05, 3.63) is 229 Å². The van der Waals surface area contributed by atoms with Crippen molar-refractivity contribution in [2.75, 3.05) is 0 Å². The molecule has 8 aromatic carbocycles. The number of fused-ring (bicyclic) bond motifs is 6. The number of rotatable bonds is 7. The van der Waals surface area contributed by atoms with Crippen LogP contribution in [-0.2, 0) is 6.18 Å². The smallest absolute Gasteiger partial charge is 0.308 e. The van der Waals surface area contributed by atoms with E-state index in [1.165, 1.54) is 6.07 Å². The normalized spacial score (nSPS) is 11.6. The monoisotopic (exact) mass is 908 g/mol. The lowest BCUT2D eigenvalue weighted by Crippen LogP contribution is -2.08. The van der Waals surface area contributed by atoms with Crippen LogP contribution in [0.25, 0.3) is 111 Å². The number of aromatic nitrogens is 4. The predicted molar refractivity (Wildman–Crippen MR) is 272 cm³/mol. The minimum atomic E-state index is -4.78. The summed E-state index contributed by atoms with van der Waals surface area (Å²) in [6, 6.07) is 71.0. The zero-order valence-corrected chi connectivity index (χ0v) is 37.0. The number of nitriles is 2. The molecule has 0 aliphatic carbocycles. The SMILES string of the molecule is N#Cc1cc(-c2c(-n3c4ccccc4c4ccc(-c5cccc(-c6ccccc6)n5)cc43)cc(C#N)cc2-n2c3ccccc3c3ccc(-c4cccc(-c5ccccc5)n4)cc32)cc(C(F)(F)F)c1. The maximum Gasteiger partial charge on any atom is 0.416 e. The van der Waals surface area contributed by atoms with Crippen molar-refractivity contribution in [1.82, 2.24) is 19.1 Å². The summed E-state index contributed by atoms with van der Waals surface area (Å²) in [4.78, 5) is 10.2. The highest BCUT2D eigenvalue weighted by Crippen LogP contribution is 2.45. The molecule has 12 rings (SSSR count). The van der Waals surface area contributed by atoms with E-state index in [-0.39, 0.29) is 16.7 Å². The minimum Gasteiger partial charge on any atom is -0.308 e. The maximum absolute atomic E-state index is 15.0. The Kier molecular flexibility index (Phi) is 9.94. The lowest BCUT2D eigenvalue weighted by molar-refractivity contribution is -0.137. The Morgan fingerprint density at radius 3 is 1.23 bits per heavy atom. The molecule has 0 fully saturated rings. The van der Waals surface area contributed by atoms with E-state index >= 15 is 13.2 Å². The van der Waals surface area contributed by atoms with Crippen LogP contribution in [0, 0.1) is 22.7 Å². The summed E-state index contributed by atoms with van der Waals surface area (Å²) in [5.41, 5.74) is 10.3. The number of para-hydroxylation sites is 2. The maximum atomic E-state index is 15.0. The van der Waals surface area contributed by atoms with Crippen molar-refractivity contribution < 1.29 is 13.2 Å². The van der Waals surface area contributed by atoms with Gasteiger partial charge in [0.2, 0.25) is 0 Å². The molecular formula is C61H35F3N6. The van der Waals surface area contributed by atoms with Crippen LogP contribution in [-0.4, -0.2) is 19.1 Å². The molecule has 0 bridgehead atoms. The fraction of sp³-hybridized carbons (Fsp3) is 0.0164. The highest BCUT2D eigenvalue weighted by atomic mass is 19.4. The van der Waals surface area contributed by atoms with Crippen molar-refractivity contribution >= 4 is 43.6 Å². The van der Waals surface area contributed by atoms with Gasteiger partial charge in [0.15, 0.2) is 0 Å². The standard InChI is InChI=1S/C61H35F3N6/c62-61(63,64)45-30-38(36-65)29-44(33-45)60-58(69-54-23-9-7-17-46(54)48-27-25-42(34-56(48)69)52-21-11-19-50(67-52)40-13-3-1-4-14-40)31-39(37-66)32-59(60)70-55-24-10-8-18-47(55)49-28-26-43(35-57(49)70)53-22-12-20-51(68-53)41-15-5-2-6-16-41/h1-35H. The quantitative estimate of drug-likeness (QED) is 0.159. The summed E-state index contributed by atoms with van der Waals surface area (Å²) in [5.74, 6) is 0. The Bertz CT molecular complexity index is 3920. The van der Waals surface area contributed by atoms with Gasteiger partial charge in [-0.3, -0.25) is 0 Å². The summed E-state index contributed by atoms with van der Waals surface area (Å²) in [7, 11) is 0. The lowest BCUT2D eigenvalue weighted by Gasteiger charge is -2.22. The van der Waals surface area contributed by atoms with E-state index in [0.29, 0.717) is 16.9 Å². The Hall–Kier alpha value is -9.57. The van der Waals surface area contributed by atoms with Crippen molar-refractivity contribution in [1.29, 1.82) is 10.5 Å². The summed E-state index contributed by atoms with van der Waals surface area (Å²) >= 11 is 0. The lowest BCUT2D eigenvalue weighted by atomic mass is 9.94. The van der Waals surface area contributed by atoms with Crippen LogP contribution in [0.4, 0.5) is 13.2 Å². The molecule has 0 radical (unpaired) electrons. The number of pyridine rings is 2.